The predicted molar refractivity (Wildman–Crippen MR) is 298 cm³/mol. The van der Waals surface area contributed by atoms with Gasteiger partial charge in [0.05, 0.1) is 0 Å². The van der Waals surface area contributed by atoms with Crippen LogP contribution in [0.25, 0.3) is 0 Å². The molecule has 0 fully saturated rings. The number of allylic oxidation sites excluding steroid dienone is 6. The molecular weight excluding hydrogens is 853 g/mol. The fourth-order valence-electron chi connectivity index (χ4n) is 8.94. The highest BCUT2D eigenvalue weighted by atomic mass is 16.6. The zero-order valence-electron chi connectivity index (χ0n) is 46.3. The Hall–Kier alpha value is -2.37. The molecule has 0 aromatic carbocycles. The van der Waals surface area contributed by atoms with Crippen LogP contribution < -0.4 is 0 Å². The number of ether oxygens (including phenoxy) is 3. The molecule has 0 saturated heterocycles. The van der Waals surface area contributed by atoms with Gasteiger partial charge in [-0.25, -0.2) is 0 Å². The Morgan fingerprint density at radius 2 is 0.493 bits per heavy atom. The van der Waals surface area contributed by atoms with E-state index in [1.54, 1.807) is 0 Å². The first-order valence-corrected chi connectivity index (χ1v) is 30.5. The molecule has 6 heteroatoms. The predicted octanol–water partition coefficient (Wildman–Crippen LogP) is 20.4. The minimum atomic E-state index is -0.775. The highest BCUT2D eigenvalue weighted by molar-refractivity contribution is 5.71. The fourth-order valence-corrected chi connectivity index (χ4v) is 8.94. The Bertz CT molecular complexity index is 1160. The summed E-state index contributed by atoms with van der Waals surface area (Å²) in [4.78, 5) is 38.2. The van der Waals surface area contributed by atoms with E-state index >= 15 is 0 Å². The molecule has 69 heavy (non-hydrogen) atoms. The third-order valence-electron chi connectivity index (χ3n) is 13.6. The lowest BCUT2D eigenvalue weighted by molar-refractivity contribution is -0.167. The van der Waals surface area contributed by atoms with Gasteiger partial charge in [-0.1, -0.05) is 256 Å². The van der Waals surface area contributed by atoms with Crippen LogP contribution in [0.4, 0.5) is 0 Å². The third-order valence-corrected chi connectivity index (χ3v) is 13.6. The molecule has 0 aliphatic heterocycles. The van der Waals surface area contributed by atoms with E-state index in [0.717, 1.165) is 64.2 Å². The summed E-state index contributed by atoms with van der Waals surface area (Å²) in [5.74, 6) is -0.869. The summed E-state index contributed by atoms with van der Waals surface area (Å²) in [6.45, 7) is 6.63. The molecule has 0 N–H and O–H groups in total. The van der Waals surface area contributed by atoms with Crippen LogP contribution in [0, 0.1) is 0 Å². The maximum absolute atomic E-state index is 12.9. The van der Waals surface area contributed by atoms with Gasteiger partial charge in [0.15, 0.2) is 6.10 Å². The number of hydrogen-bond donors (Lipinski definition) is 0. The van der Waals surface area contributed by atoms with E-state index in [2.05, 4.69) is 57.2 Å². The van der Waals surface area contributed by atoms with Crippen LogP contribution in [0.2, 0.25) is 0 Å². The van der Waals surface area contributed by atoms with Gasteiger partial charge in [-0.3, -0.25) is 14.4 Å². The van der Waals surface area contributed by atoms with Crippen molar-refractivity contribution in [3.05, 3.63) is 36.5 Å². The molecule has 0 aliphatic rings. The van der Waals surface area contributed by atoms with Gasteiger partial charge in [-0.05, 0) is 89.9 Å². The number of rotatable bonds is 56. The van der Waals surface area contributed by atoms with Crippen molar-refractivity contribution in [1.29, 1.82) is 0 Å². The maximum atomic E-state index is 12.9. The van der Waals surface area contributed by atoms with Crippen LogP contribution in [-0.2, 0) is 28.6 Å². The van der Waals surface area contributed by atoms with Gasteiger partial charge in [0.2, 0.25) is 0 Å². The fraction of sp³-hybridized carbons (Fsp3) is 0.857. The van der Waals surface area contributed by atoms with E-state index in [4.69, 9.17) is 14.2 Å². The van der Waals surface area contributed by atoms with Crippen LogP contribution >= 0.6 is 0 Å². The minimum Gasteiger partial charge on any atom is -0.462 e. The van der Waals surface area contributed by atoms with Crippen molar-refractivity contribution in [3.63, 3.8) is 0 Å². The Morgan fingerprint density at radius 3 is 0.768 bits per heavy atom. The van der Waals surface area contributed by atoms with Crippen molar-refractivity contribution in [1.82, 2.24) is 0 Å². The molecule has 1 atom stereocenters. The van der Waals surface area contributed by atoms with Crippen molar-refractivity contribution in [2.45, 2.75) is 335 Å². The van der Waals surface area contributed by atoms with Crippen molar-refractivity contribution in [3.8, 4) is 0 Å². The van der Waals surface area contributed by atoms with Crippen LogP contribution in [0.15, 0.2) is 36.5 Å². The number of hydrogen-bond acceptors (Lipinski definition) is 6. The average molecular weight is 970 g/mol. The molecule has 0 spiro atoms. The van der Waals surface area contributed by atoms with Crippen LogP contribution in [0.1, 0.15) is 329 Å². The molecule has 6 nitrogen and oxygen atoms in total. The molecule has 0 aromatic heterocycles. The monoisotopic (exact) mass is 969 g/mol. The summed E-state index contributed by atoms with van der Waals surface area (Å²) in [5.41, 5.74) is 0. The first kappa shape index (κ1) is 66.6. The summed E-state index contributed by atoms with van der Waals surface area (Å²) in [6.07, 6.45) is 70.0. The van der Waals surface area contributed by atoms with Gasteiger partial charge in [-0.15, -0.1) is 0 Å². The van der Waals surface area contributed by atoms with Gasteiger partial charge >= 0.3 is 17.9 Å². The summed E-state index contributed by atoms with van der Waals surface area (Å²) in [7, 11) is 0. The lowest BCUT2D eigenvalue weighted by Gasteiger charge is -2.18. The zero-order chi connectivity index (χ0) is 50.0. The van der Waals surface area contributed by atoms with Crippen LogP contribution in [0.3, 0.4) is 0 Å². The molecule has 0 bridgehead atoms. The smallest absolute Gasteiger partial charge is 0.306 e. The molecule has 0 amide bonds. The number of esters is 3. The second-order valence-electron chi connectivity index (χ2n) is 20.6. The first-order chi connectivity index (χ1) is 34.0. The van der Waals surface area contributed by atoms with E-state index in [0.29, 0.717) is 19.3 Å². The number of carbonyl (C=O) groups is 3. The Labute approximate surface area is 429 Å². The Balaban J connectivity index is 4.27. The summed E-state index contributed by atoms with van der Waals surface area (Å²) >= 11 is 0. The van der Waals surface area contributed by atoms with Crippen LogP contribution in [-0.4, -0.2) is 37.2 Å². The van der Waals surface area contributed by atoms with E-state index in [9.17, 15) is 14.4 Å². The van der Waals surface area contributed by atoms with Crippen LogP contribution in [0.5, 0.6) is 0 Å². The standard InChI is InChI=1S/C63H116O6/c1-4-7-10-13-16-19-22-24-26-28-30-31-33-34-36-38-41-44-47-50-53-56-62(65)68-59-60(58-67-61(64)55-52-49-46-43-40-21-18-15-12-9-6-3)69-63(66)57-54-51-48-45-42-39-37-35-32-29-27-25-23-20-17-14-11-8-5-2/h15,18,24-27,60H,4-14,16-17,19-23,28-59H2,1-3H3/b18-15-,26-24-,27-25-/t60-/m0/s1. The van der Waals surface area contributed by atoms with E-state index in [1.165, 1.54) is 225 Å². The molecule has 0 rings (SSSR count). The lowest BCUT2D eigenvalue weighted by Crippen LogP contribution is -2.30. The minimum absolute atomic E-state index is 0.0732. The van der Waals surface area contributed by atoms with Gasteiger partial charge in [-0.2, -0.15) is 0 Å². The number of carbonyl (C=O) groups excluding carboxylic acids is 3. The van der Waals surface area contributed by atoms with E-state index < -0.39 is 6.10 Å². The molecule has 0 aliphatic carbocycles. The second kappa shape index (κ2) is 58.2. The molecule has 0 heterocycles. The molecule has 404 valence electrons. The second-order valence-corrected chi connectivity index (χ2v) is 20.6. The highest BCUT2D eigenvalue weighted by Crippen LogP contribution is 2.16. The normalized spacial score (nSPS) is 12.2. The van der Waals surface area contributed by atoms with E-state index in [-0.39, 0.29) is 31.1 Å². The molecule has 0 unspecified atom stereocenters. The average Bonchev–Trinajstić information content (AvgIpc) is 3.35. The third kappa shape index (κ3) is 56.4. The summed E-state index contributed by atoms with van der Waals surface area (Å²) in [6, 6.07) is 0. The molecule has 0 radical (unpaired) electrons. The lowest BCUT2D eigenvalue weighted by atomic mass is 10.0. The number of unbranched alkanes of at least 4 members (excludes halogenated alkanes) is 39. The first-order valence-electron chi connectivity index (χ1n) is 30.5. The Kier molecular flexibility index (Phi) is 56.2. The SMILES string of the molecule is CCCC/C=C\CCCCCCCC(=O)OC[C@@H](COC(=O)CCCCCCCCCCCCC/C=C\CCCCCCCC)OC(=O)CCCCCCCCCCC/C=C\CCCCCCCC. The Morgan fingerprint density at radius 1 is 0.275 bits per heavy atom. The topological polar surface area (TPSA) is 78.9 Å². The highest BCUT2D eigenvalue weighted by Gasteiger charge is 2.19. The van der Waals surface area contributed by atoms with Gasteiger partial charge in [0, 0.05) is 19.3 Å². The van der Waals surface area contributed by atoms with Crippen molar-refractivity contribution >= 4 is 17.9 Å². The summed E-state index contributed by atoms with van der Waals surface area (Å²) < 4.78 is 16.9. The van der Waals surface area contributed by atoms with Crippen molar-refractivity contribution in [2.24, 2.45) is 0 Å². The quantitative estimate of drug-likeness (QED) is 0.0261. The van der Waals surface area contributed by atoms with Gasteiger partial charge in [0.25, 0.3) is 0 Å². The maximum Gasteiger partial charge on any atom is 0.306 e. The summed E-state index contributed by atoms with van der Waals surface area (Å²) in [5, 5.41) is 0. The van der Waals surface area contributed by atoms with Crippen molar-refractivity contribution < 1.29 is 28.6 Å². The van der Waals surface area contributed by atoms with E-state index in [1.807, 2.05) is 0 Å². The van der Waals surface area contributed by atoms with Gasteiger partial charge in [0.1, 0.15) is 13.2 Å². The zero-order valence-corrected chi connectivity index (χ0v) is 46.3. The largest absolute Gasteiger partial charge is 0.462 e. The van der Waals surface area contributed by atoms with Crippen molar-refractivity contribution in [2.75, 3.05) is 13.2 Å². The molecule has 0 saturated carbocycles. The molecular formula is C63H116O6. The van der Waals surface area contributed by atoms with Gasteiger partial charge < -0.3 is 14.2 Å². The molecule has 0 aromatic rings.